The predicted octanol–water partition coefficient (Wildman–Crippen LogP) is 2.64. The number of aliphatic carboxylic acids is 1. The van der Waals surface area contributed by atoms with Crippen LogP contribution in [0.15, 0.2) is 36.0 Å². The van der Waals surface area contributed by atoms with Crippen LogP contribution in [0, 0.1) is 0 Å². The number of nitrogens with two attached hydrogens (primary N) is 1. The molecule has 1 aromatic heterocycles. The van der Waals surface area contributed by atoms with Crippen LogP contribution in [0.2, 0.25) is 0 Å². The number of hydrogen-bond acceptors (Lipinski definition) is 2. The summed E-state index contributed by atoms with van der Waals surface area (Å²) in [5, 5.41) is 10.1. The van der Waals surface area contributed by atoms with Crippen molar-refractivity contribution in [2.24, 2.45) is 12.8 Å². The molecule has 0 aliphatic rings. The number of allylic oxidation sites excluding steroid dienone is 2. The normalized spacial score (nSPS) is 12.4. The first kappa shape index (κ1) is 15.3. The second kappa shape index (κ2) is 6.14. The summed E-state index contributed by atoms with van der Waals surface area (Å²) in [6, 6.07) is 5.30. The van der Waals surface area contributed by atoms with E-state index >= 15 is 0 Å². The number of aryl methyl sites for hydroxylation is 1. The van der Waals surface area contributed by atoms with E-state index in [0.29, 0.717) is 6.42 Å². The summed E-state index contributed by atoms with van der Waals surface area (Å²) in [4.78, 5) is 11.0. The van der Waals surface area contributed by atoms with Gasteiger partial charge in [0, 0.05) is 25.1 Å². The zero-order valence-corrected chi connectivity index (χ0v) is 12.8. The highest BCUT2D eigenvalue weighted by Gasteiger charge is 2.16. The van der Waals surface area contributed by atoms with E-state index in [1.54, 1.807) is 0 Å². The molecule has 2 aromatic rings. The van der Waals surface area contributed by atoms with Crippen LogP contribution in [0.25, 0.3) is 10.9 Å². The van der Waals surface area contributed by atoms with Crippen LogP contribution in [0.5, 0.6) is 0 Å². The number of carboxylic acid groups (broad SMARTS) is 1. The monoisotopic (exact) mass is 286 g/mol. The SMILES string of the molecule is CC(C)=CCc1cccc2c(C[C@H](N)C(=O)O)cn(C)c12. The Bertz CT molecular complexity index is 694. The van der Waals surface area contributed by atoms with E-state index in [4.69, 9.17) is 10.8 Å². The minimum atomic E-state index is -0.965. The molecule has 0 amide bonds. The second-order valence-corrected chi connectivity index (χ2v) is 5.71. The molecule has 0 unspecified atom stereocenters. The molecular formula is C17H22N2O2. The third kappa shape index (κ3) is 3.34. The maximum absolute atomic E-state index is 11.0. The van der Waals surface area contributed by atoms with Gasteiger partial charge in [-0.2, -0.15) is 0 Å². The predicted molar refractivity (Wildman–Crippen MR) is 85.4 cm³/mol. The molecule has 0 saturated carbocycles. The van der Waals surface area contributed by atoms with Gasteiger partial charge in [-0.25, -0.2) is 0 Å². The van der Waals surface area contributed by atoms with E-state index in [1.807, 2.05) is 25.4 Å². The van der Waals surface area contributed by atoms with E-state index in [9.17, 15) is 4.79 Å². The van der Waals surface area contributed by atoms with Crippen molar-refractivity contribution in [1.82, 2.24) is 4.57 Å². The summed E-state index contributed by atoms with van der Waals surface area (Å²) in [6.45, 7) is 4.17. The van der Waals surface area contributed by atoms with Crippen molar-refractivity contribution < 1.29 is 9.90 Å². The summed E-state index contributed by atoms with van der Waals surface area (Å²) in [7, 11) is 1.99. The van der Waals surface area contributed by atoms with Crippen molar-refractivity contribution in [2.45, 2.75) is 32.7 Å². The van der Waals surface area contributed by atoms with Gasteiger partial charge in [-0.3, -0.25) is 4.79 Å². The number of benzene rings is 1. The Morgan fingerprint density at radius 3 is 2.71 bits per heavy atom. The Morgan fingerprint density at radius 2 is 2.10 bits per heavy atom. The Balaban J connectivity index is 2.45. The zero-order chi connectivity index (χ0) is 15.6. The molecule has 0 fully saturated rings. The summed E-state index contributed by atoms with van der Waals surface area (Å²) in [5.41, 5.74) is 10.3. The van der Waals surface area contributed by atoms with E-state index in [2.05, 4.69) is 30.6 Å². The molecule has 1 heterocycles. The van der Waals surface area contributed by atoms with Gasteiger partial charge < -0.3 is 15.4 Å². The number of carboxylic acids is 1. The number of rotatable bonds is 5. The van der Waals surface area contributed by atoms with Crippen LogP contribution in [0.3, 0.4) is 0 Å². The van der Waals surface area contributed by atoms with Crippen LogP contribution in [-0.2, 0) is 24.7 Å². The molecule has 0 aliphatic heterocycles. The maximum atomic E-state index is 11.0. The number of para-hydroxylation sites is 1. The standard InChI is InChI=1S/C17H22N2O2/c1-11(2)7-8-12-5-4-6-14-13(9-15(18)17(20)21)10-19(3)16(12)14/h4-7,10,15H,8-9,18H2,1-3H3,(H,20,21)/t15-/m0/s1. The van der Waals surface area contributed by atoms with Gasteiger partial charge in [0.1, 0.15) is 6.04 Å². The molecule has 0 radical (unpaired) electrons. The van der Waals surface area contributed by atoms with Crippen molar-refractivity contribution in [3.63, 3.8) is 0 Å². The Kier molecular flexibility index (Phi) is 4.48. The van der Waals surface area contributed by atoms with Gasteiger partial charge in [-0.15, -0.1) is 0 Å². The molecule has 21 heavy (non-hydrogen) atoms. The largest absolute Gasteiger partial charge is 0.480 e. The molecule has 1 aromatic carbocycles. The van der Waals surface area contributed by atoms with E-state index < -0.39 is 12.0 Å². The Labute approximate surface area is 124 Å². The molecule has 0 bridgehead atoms. The van der Waals surface area contributed by atoms with Crippen molar-refractivity contribution >= 4 is 16.9 Å². The molecule has 1 atom stereocenters. The lowest BCUT2D eigenvalue weighted by Crippen LogP contribution is -2.32. The van der Waals surface area contributed by atoms with Crippen molar-refractivity contribution in [3.8, 4) is 0 Å². The molecule has 4 nitrogen and oxygen atoms in total. The summed E-state index contributed by atoms with van der Waals surface area (Å²) < 4.78 is 2.06. The fourth-order valence-corrected chi connectivity index (χ4v) is 2.60. The molecule has 0 aliphatic carbocycles. The van der Waals surface area contributed by atoms with Crippen LogP contribution >= 0.6 is 0 Å². The van der Waals surface area contributed by atoms with Crippen molar-refractivity contribution in [1.29, 1.82) is 0 Å². The van der Waals surface area contributed by atoms with Crippen LogP contribution in [0.4, 0.5) is 0 Å². The lowest BCUT2D eigenvalue weighted by Gasteiger charge is -2.06. The van der Waals surface area contributed by atoms with Gasteiger partial charge in [0.15, 0.2) is 0 Å². The second-order valence-electron chi connectivity index (χ2n) is 5.71. The van der Waals surface area contributed by atoms with Gasteiger partial charge in [0.2, 0.25) is 0 Å². The highest BCUT2D eigenvalue weighted by atomic mass is 16.4. The lowest BCUT2D eigenvalue weighted by atomic mass is 10.0. The molecule has 0 saturated heterocycles. The van der Waals surface area contributed by atoms with Gasteiger partial charge in [-0.1, -0.05) is 29.8 Å². The van der Waals surface area contributed by atoms with Gasteiger partial charge >= 0.3 is 5.97 Å². The Hall–Kier alpha value is -2.07. The maximum Gasteiger partial charge on any atom is 0.320 e. The average molecular weight is 286 g/mol. The third-order valence-corrected chi connectivity index (χ3v) is 3.65. The quantitative estimate of drug-likeness (QED) is 0.830. The topological polar surface area (TPSA) is 68.2 Å². The van der Waals surface area contributed by atoms with Gasteiger partial charge in [-0.05, 0) is 31.4 Å². The van der Waals surface area contributed by atoms with Crippen molar-refractivity contribution in [2.75, 3.05) is 0 Å². The fraction of sp³-hybridized carbons (Fsp3) is 0.353. The van der Waals surface area contributed by atoms with Crippen molar-refractivity contribution in [3.05, 3.63) is 47.2 Å². The Morgan fingerprint density at radius 1 is 1.38 bits per heavy atom. The van der Waals surface area contributed by atoms with E-state index in [1.165, 1.54) is 11.1 Å². The molecule has 3 N–H and O–H groups in total. The fourth-order valence-electron chi connectivity index (χ4n) is 2.60. The zero-order valence-electron chi connectivity index (χ0n) is 12.8. The molecule has 4 heteroatoms. The smallest absolute Gasteiger partial charge is 0.320 e. The first-order valence-corrected chi connectivity index (χ1v) is 7.07. The minimum absolute atomic E-state index is 0.346. The number of carbonyl (C=O) groups is 1. The molecule has 0 spiro atoms. The van der Waals surface area contributed by atoms with Crippen LogP contribution in [0.1, 0.15) is 25.0 Å². The van der Waals surface area contributed by atoms with Gasteiger partial charge in [0.05, 0.1) is 5.52 Å². The highest BCUT2D eigenvalue weighted by molar-refractivity contribution is 5.87. The minimum Gasteiger partial charge on any atom is -0.480 e. The van der Waals surface area contributed by atoms with Crippen LogP contribution < -0.4 is 5.73 Å². The number of hydrogen-bond donors (Lipinski definition) is 2. The number of aromatic nitrogens is 1. The molecular weight excluding hydrogens is 264 g/mol. The van der Waals surface area contributed by atoms with Gasteiger partial charge in [0.25, 0.3) is 0 Å². The van der Waals surface area contributed by atoms with Crippen LogP contribution in [-0.4, -0.2) is 21.7 Å². The summed E-state index contributed by atoms with van der Waals surface area (Å²) in [6.07, 6.45) is 5.41. The first-order valence-electron chi connectivity index (χ1n) is 7.07. The molecule has 112 valence electrons. The lowest BCUT2D eigenvalue weighted by molar-refractivity contribution is -0.138. The highest BCUT2D eigenvalue weighted by Crippen LogP contribution is 2.25. The molecule has 2 rings (SSSR count). The van der Waals surface area contributed by atoms with E-state index in [-0.39, 0.29) is 0 Å². The third-order valence-electron chi connectivity index (χ3n) is 3.65. The first-order chi connectivity index (χ1) is 9.90. The van der Waals surface area contributed by atoms with E-state index in [0.717, 1.165) is 22.9 Å². The summed E-state index contributed by atoms with van der Waals surface area (Å²) >= 11 is 0. The summed E-state index contributed by atoms with van der Waals surface area (Å²) in [5.74, 6) is -0.965. The average Bonchev–Trinajstić information content (AvgIpc) is 2.73. The number of fused-ring (bicyclic) bond motifs is 1. The number of nitrogens with zero attached hydrogens (tertiary/aromatic N) is 1.